The average Bonchev–Trinajstić information content (AvgIpc) is 2.71. The van der Waals surface area contributed by atoms with Crippen LogP contribution in [0.3, 0.4) is 0 Å². The third-order valence-electron chi connectivity index (χ3n) is 3.81. The minimum absolute atomic E-state index is 0.139. The van der Waals surface area contributed by atoms with E-state index in [0.717, 1.165) is 0 Å². The SMILES string of the molecule is FC(F)(F)/C(C#Cc1ccccc1)=C(\C#Cc1ccccc1)c1ccccc1. The molecule has 0 saturated heterocycles. The molecule has 0 nitrogen and oxygen atoms in total. The topological polar surface area (TPSA) is 0 Å². The normalized spacial score (nSPS) is 11.4. The maximum atomic E-state index is 13.9. The molecule has 0 spiro atoms. The number of alkyl halides is 3. The Morgan fingerprint density at radius 3 is 1.46 bits per heavy atom. The summed E-state index contributed by atoms with van der Waals surface area (Å²) in [7, 11) is 0. The van der Waals surface area contributed by atoms with Gasteiger partial charge in [0.05, 0.1) is 5.57 Å². The van der Waals surface area contributed by atoms with Gasteiger partial charge in [-0.1, -0.05) is 90.4 Å². The van der Waals surface area contributed by atoms with Crippen LogP contribution in [0.1, 0.15) is 16.7 Å². The highest BCUT2D eigenvalue weighted by Gasteiger charge is 2.35. The van der Waals surface area contributed by atoms with Crippen LogP contribution in [-0.4, -0.2) is 6.18 Å². The number of allylic oxidation sites excluding steroid dienone is 2. The Hall–Kier alpha value is -3.69. The second kappa shape index (κ2) is 8.80. The number of hydrogen-bond acceptors (Lipinski definition) is 0. The first-order chi connectivity index (χ1) is 13.5. The number of hydrogen-bond donors (Lipinski definition) is 0. The highest BCUT2D eigenvalue weighted by Crippen LogP contribution is 2.32. The van der Waals surface area contributed by atoms with Gasteiger partial charge < -0.3 is 0 Å². The zero-order chi connectivity index (χ0) is 19.8. The molecule has 136 valence electrons. The van der Waals surface area contributed by atoms with Crippen LogP contribution in [0.15, 0.2) is 96.6 Å². The minimum Gasteiger partial charge on any atom is -0.165 e. The van der Waals surface area contributed by atoms with Crippen LogP contribution in [0, 0.1) is 23.7 Å². The lowest BCUT2D eigenvalue weighted by molar-refractivity contribution is -0.0865. The van der Waals surface area contributed by atoms with Gasteiger partial charge in [-0.25, -0.2) is 0 Å². The fraction of sp³-hybridized carbons (Fsp3) is 0.0400. The van der Waals surface area contributed by atoms with E-state index in [9.17, 15) is 13.2 Å². The summed E-state index contributed by atoms with van der Waals surface area (Å²) in [6.45, 7) is 0. The van der Waals surface area contributed by atoms with E-state index in [2.05, 4.69) is 23.7 Å². The monoisotopic (exact) mass is 372 g/mol. The second-order valence-electron chi connectivity index (χ2n) is 5.85. The Balaban J connectivity index is 2.19. The van der Waals surface area contributed by atoms with E-state index in [1.165, 1.54) is 0 Å². The van der Waals surface area contributed by atoms with Crippen LogP contribution in [0.2, 0.25) is 0 Å². The van der Waals surface area contributed by atoms with Gasteiger partial charge in [-0.2, -0.15) is 13.2 Å². The number of rotatable bonds is 1. The maximum absolute atomic E-state index is 13.9. The van der Waals surface area contributed by atoms with Gasteiger partial charge in [0.25, 0.3) is 0 Å². The van der Waals surface area contributed by atoms with Crippen molar-refractivity contribution in [3.63, 3.8) is 0 Å². The molecule has 0 amide bonds. The molecule has 3 aromatic carbocycles. The first-order valence-electron chi connectivity index (χ1n) is 8.55. The van der Waals surface area contributed by atoms with Crippen molar-refractivity contribution in [2.24, 2.45) is 0 Å². The van der Waals surface area contributed by atoms with E-state index < -0.39 is 11.7 Å². The van der Waals surface area contributed by atoms with Crippen molar-refractivity contribution in [3.05, 3.63) is 113 Å². The van der Waals surface area contributed by atoms with Gasteiger partial charge in [-0.3, -0.25) is 0 Å². The Morgan fingerprint density at radius 2 is 1.00 bits per heavy atom. The fourth-order valence-electron chi connectivity index (χ4n) is 2.47. The first kappa shape index (κ1) is 19.1. The van der Waals surface area contributed by atoms with Gasteiger partial charge in [0.15, 0.2) is 0 Å². The Bertz CT molecular complexity index is 1070. The predicted molar refractivity (Wildman–Crippen MR) is 106 cm³/mol. The van der Waals surface area contributed by atoms with E-state index in [1.54, 1.807) is 84.9 Å². The molecule has 3 rings (SSSR count). The molecule has 3 heteroatoms. The molecule has 0 N–H and O–H groups in total. The molecule has 0 heterocycles. The number of benzene rings is 3. The lowest BCUT2D eigenvalue weighted by Gasteiger charge is -2.10. The van der Waals surface area contributed by atoms with Crippen LogP contribution in [0.5, 0.6) is 0 Å². The molecule has 28 heavy (non-hydrogen) atoms. The predicted octanol–water partition coefficient (Wildman–Crippen LogP) is 6.11. The Labute approximate surface area is 162 Å². The van der Waals surface area contributed by atoms with Crippen molar-refractivity contribution in [1.29, 1.82) is 0 Å². The summed E-state index contributed by atoms with van der Waals surface area (Å²) in [5.74, 6) is 10.4. The highest BCUT2D eigenvalue weighted by atomic mass is 19.4. The molecule has 0 unspecified atom stereocenters. The third-order valence-corrected chi connectivity index (χ3v) is 3.81. The Morgan fingerprint density at radius 1 is 0.571 bits per heavy atom. The van der Waals surface area contributed by atoms with E-state index in [0.29, 0.717) is 16.7 Å². The lowest BCUT2D eigenvalue weighted by Crippen LogP contribution is -2.12. The summed E-state index contributed by atoms with van der Waals surface area (Å²) in [6.07, 6.45) is -4.63. The van der Waals surface area contributed by atoms with Crippen molar-refractivity contribution >= 4 is 5.57 Å². The maximum Gasteiger partial charge on any atom is 0.425 e. The fourth-order valence-corrected chi connectivity index (χ4v) is 2.47. The van der Waals surface area contributed by atoms with Gasteiger partial charge in [-0.15, -0.1) is 0 Å². The molecule has 0 bridgehead atoms. The molecule has 3 aromatic rings. The van der Waals surface area contributed by atoms with Crippen molar-refractivity contribution < 1.29 is 13.2 Å². The summed E-state index contributed by atoms with van der Waals surface area (Å²) >= 11 is 0. The van der Waals surface area contributed by atoms with Gasteiger partial charge in [0, 0.05) is 11.1 Å². The van der Waals surface area contributed by atoms with Crippen molar-refractivity contribution in [3.8, 4) is 23.7 Å². The molecule has 0 aliphatic carbocycles. The summed E-state index contributed by atoms with van der Waals surface area (Å²) in [6, 6.07) is 25.8. The van der Waals surface area contributed by atoms with Gasteiger partial charge in [-0.05, 0) is 29.8 Å². The van der Waals surface area contributed by atoms with E-state index in [1.807, 2.05) is 6.07 Å². The van der Waals surface area contributed by atoms with Crippen molar-refractivity contribution in [2.75, 3.05) is 0 Å². The summed E-state index contributed by atoms with van der Waals surface area (Å²) in [5, 5.41) is 0. The largest absolute Gasteiger partial charge is 0.425 e. The number of halogens is 3. The van der Waals surface area contributed by atoms with Gasteiger partial charge in [0.1, 0.15) is 5.57 Å². The van der Waals surface area contributed by atoms with Crippen LogP contribution in [-0.2, 0) is 0 Å². The standard InChI is InChI=1S/C25H15F3/c26-25(27,28)24(19-17-21-12-6-2-7-13-21)23(22-14-8-3-9-15-22)18-16-20-10-4-1-5-11-20/h1-15H/b24-23+. The second-order valence-corrected chi connectivity index (χ2v) is 5.85. The zero-order valence-corrected chi connectivity index (χ0v) is 14.8. The quantitative estimate of drug-likeness (QED) is 0.452. The Kier molecular flexibility index (Phi) is 6.00. The highest BCUT2D eigenvalue weighted by molar-refractivity contribution is 5.85. The third kappa shape index (κ3) is 5.16. The minimum atomic E-state index is -4.63. The van der Waals surface area contributed by atoms with E-state index >= 15 is 0 Å². The van der Waals surface area contributed by atoms with Gasteiger partial charge in [0.2, 0.25) is 0 Å². The van der Waals surface area contributed by atoms with E-state index in [4.69, 9.17) is 0 Å². The molecule has 0 saturated carbocycles. The van der Waals surface area contributed by atoms with Crippen LogP contribution in [0.25, 0.3) is 5.57 Å². The van der Waals surface area contributed by atoms with Crippen LogP contribution < -0.4 is 0 Å². The van der Waals surface area contributed by atoms with Crippen molar-refractivity contribution in [1.82, 2.24) is 0 Å². The molecule has 0 atom stereocenters. The molecular weight excluding hydrogens is 357 g/mol. The lowest BCUT2D eigenvalue weighted by atomic mass is 9.99. The average molecular weight is 372 g/mol. The molecule has 0 aliphatic rings. The van der Waals surface area contributed by atoms with Crippen LogP contribution in [0.4, 0.5) is 13.2 Å². The van der Waals surface area contributed by atoms with Gasteiger partial charge >= 0.3 is 6.18 Å². The summed E-state index contributed by atoms with van der Waals surface area (Å²) in [5.41, 5.74) is 0.424. The molecule has 0 radical (unpaired) electrons. The summed E-state index contributed by atoms with van der Waals surface area (Å²) < 4.78 is 41.6. The zero-order valence-electron chi connectivity index (χ0n) is 14.8. The summed E-state index contributed by atoms with van der Waals surface area (Å²) in [4.78, 5) is 0. The van der Waals surface area contributed by atoms with Crippen molar-refractivity contribution in [2.45, 2.75) is 6.18 Å². The molecular formula is C25H15F3. The van der Waals surface area contributed by atoms with E-state index in [-0.39, 0.29) is 5.57 Å². The molecule has 0 fully saturated rings. The van der Waals surface area contributed by atoms with Crippen LogP contribution >= 0.6 is 0 Å². The molecule has 0 aromatic heterocycles. The first-order valence-corrected chi connectivity index (χ1v) is 8.55. The molecule has 0 aliphatic heterocycles. The smallest absolute Gasteiger partial charge is 0.165 e.